The number of carboxylic acid groups (broad SMARTS) is 1. The molecule has 268 valence electrons. The number of rotatable bonds is 20. The van der Waals surface area contributed by atoms with Gasteiger partial charge in [-0.05, 0) is 63.5 Å². The van der Waals surface area contributed by atoms with Gasteiger partial charge >= 0.3 is 5.97 Å². The molecule has 2 aromatic rings. The number of nitrogens with zero attached hydrogens (tertiary/aromatic N) is 3. The monoisotopic (exact) mass is 690 g/mol. The first-order valence-corrected chi connectivity index (χ1v) is 16.6. The van der Waals surface area contributed by atoms with Crippen LogP contribution < -0.4 is 38.5 Å². The normalized spacial score (nSPS) is 13.1. The van der Waals surface area contributed by atoms with Crippen molar-refractivity contribution in [1.29, 1.82) is 0 Å². The lowest BCUT2D eigenvalue weighted by Gasteiger charge is -2.26. The van der Waals surface area contributed by atoms with Crippen LogP contribution in [0.25, 0.3) is 0 Å². The van der Waals surface area contributed by atoms with E-state index >= 15 is 0 Å². The molecule has 0 bridgehead atoms. The Balaban J connectivity index is 0.00000565. The van der Waals surface area contributed by atoms with E-state index in [0.29, 0.717) is 49.2 Å². The lowest BCUT2D eigenvalue weighted by atomic mass is 10.0. The van der Waals surface area contributed by atoms with Gasteiger partial charge in [-0.2, -0.15) is 0 Å². The summed E-state index contributed by atoms with van der Waals surface area (Å²) in [4.78, 5) is 56.7. The van der Waals surface area contributed by atoms with Crippen LogP contribution in [0.1, 0.15) is 57.2 Å². The first-order valence-electron chi connectivity index (χ1n) is 16.2. The summed E-state index contributed by atoms with van der Waals surface area (Å²) >= 11 is 5.42. The van der Waals surface area contributed by atoms with Gasteiger partial charge in [0, 0.05) is 45.4 Å². The second-order valence-electron chi connectivity index (χ2n) is 11.1. The van der Waals surface area contributed by atoms with Crippen LogP contribution in [0.4, 0.5) is 0 Å². The predicted molar refractivity (Wildman–Crippen MR) is 190 cm³/mol. The molecule has 0 radical (unpaired) electrons. The van der Waals surface area contributed by atoms with Crippen molar-refractivity contribution >= 4 is 41.9 Å². The van der Waals surface area contributed by atoms with Gasteiger partial charge in [0.1, 0.15) is 18.1 Å². The number of unbranched alkanes of at least 4 members (excludes halogenated alkanes) is 1. The first kappa shape index (κ1) is 41.7. The Morgan fingerprint density at radius 2 is 1.42 bits per heavy atom. The van der Waals surface area contributed by atoms with E-state index in [0.717, 1.165) is 5.56 Å². The fourth-order valence-electron chi connectivity index (χ4n) is 4.87. The van der Waals surface area contributed by atoms with Gasteiger partial charge in [0.15, 0.2) is 10.7 Å². The Bertz CT molecular complexity index is 1390. The molecule has 0 saturated carbocycles. The molecule has 0 spiro atoms. The Hall–Kier alpha value is -4.28. The van der Waals surface area contributed by atoms with E-state index in [2.05, 4.69) is 26.3 Å². The van der Waals surface area contributed by atoms with E-state index in [1.807, 2.05) is 19.9 Å². The number of nitrogens with two attached hydrogens (primary N) is 3. The number of hydrogen-bond acceptors (Lipinski definition) is 8. The third kappa shape index (κ3) is 14.2. The minimum absolute atomic E-state index is 0.0428. The number of nitrogens with one attached hydrogen (secondary N) is 4. The molecule has 0 aliphatic heterocycles. The molecule has 4 unspecified atom stereocenters. The molecule has 3 amide bonds. The van der Waals surface area contributed by atoms with E-state index in [1.54, 1.807) is 60.7 Å². The maximum absolute atomic E-state index is 13.8. The summed E-state index contributed by atoms with van der Waals surface area (Å²) in [5, 5.41) is 21.0. The number of amides is 3. The second kappa shape index (κ2) is 22.3. The maximum Gasteiger partial charge on any atom is 0.326 e. The fraction of sp³-hybridized carbons (Fsp3) is 0.562. The van der Waals surface area contributed by atoms with Crippen LogP contribution in [0.15, 0.2) is 41.5 Å². The molecular formula is C32H54N10O5S. The van der Waals surface area contributed by atoms with Crippen molar-refractivity contribution in [3.8, 4) is 0 Å². The Morgan fingerprint density at radius 1 is 0.854 bits per heavy atom. The number of hydrogen-bond donors (Lipinski definition) is 8. The molecule has 0 fully saturated rings. The summed E-state index contributed by atoms with van der Waals surface area (Å²) in [6.45, 7) is 4.72. The van der Waals surface area contributed by atoms with E-state index in [-0.39, 0.29) is 25.2 Å². The number of likely N-dealkylation sites (N-methyl/N-ethyl adjacent to an activating group) is 1. The summed E-state index contributed by atoms with van der Waals surface area (Å²) in [5.74, 6) is -2.93. The van der Waals surface area contributed by atoms with Crippen molar-refractivity contribution in [1.82, 2.24) is 30.4 Å². The highest BCUT2D eigenvalue weighted by Crippen LogP contribution is 2.10. The first-order chi connectivity index (χ1) is 22.9. The third-order valence-electron chi connectivity index (χ3n) is 7.50. The summed E-state index contributed by atoms with van der Waals surface area (Å²) in [6.07, 6.45) is 4.13. The highest BCUT2D eigenvalue weighted by molar-refractivity contribution is 7.71. The average molecular weight is 691 g/mol. The molecule has 4 atom stereocenters. The zero-order valence-electron chi connectivity index (χ0n) is 28.7. The number of aryl methyl sites for hydroxylation is 1. The molecular weight excluding hydrogens is 636 g/mol. The lowest BCUT2D eigenvalue weighted by Crippen LogP contribution is -2.58. The number of carboxylic acids is 1. The SMILES string of the molecule is CC.CNC(CCCN=C(N)N)C(=O)NC(Cc1cn(C)c(=S)n1C)C(=O)NC(CCCCN)C(=O)NC(Cc1ccccc1)C(=O)O. The van der Waals surface area contributed by atoms with Gasteiger partial charge in [0.05, 0.1) is 6.04 Å². The van der Waals surface area contributed by atoms with Crippen LogP contribution in [0.2, 0.25) is 0 Å². The molecule has 48 heavy (non-hydrogen) atoms. The third-order valence-corrected chi connectivity index (χ3v) is 8.06. The minimum Gasteiger partial charge on any atom is -0.480 e. The molecule has 1 heterocycles. The van der Waals surface area contributed by atoms with E-state index in [9.17, 15) is 24.3 Å². The molecule has 1 aromatic carbocycles. The highest BCUT2D eigenvalue weighted by atomic mass is 32.1. The standard InChI is InChI=1S/C30H48N10O5S.C2H6/c1-34-21(13-9-15-35-29(32)33)25(41)37-23(17-20-18-39(2)30(46)40(20)3)27(43)36-22(12-7-8-14-31)26(42)38-24(28(44)45)16-19-10-5-4-6-11-19;1-2/h4-6,10-11,18,21-24,34H,7-9,12-17,31H2,1-3H3,(H,36,43)(H,37,41)(H,38,42)(H,44,45)(H4,32,33,35);1-2H3. The van der Waals surface area contributed by atoms with E-state index in [4.69, 9.17) is 29.4 Å². The molecule has 16 heteroatoms. The van der Waals surface area contributed by atoms with Gasteiger partial charge in [0.2, 0.25) is 17.7 Å². The largest absolute Gasteiger partial charge is 0.480 e. The van der Waals surface area contributed by atoms with E-state index in [1.165, 1.54) is 0 Å². The van der Waals surface area contributed by atoms with Crippen molar-refractivity contribution in [2.45, 2.75) is 83.0 Å². The van der Waals surface area contributed by atoms with Gasteiger partial charge < -0.3 is 52.7 Å². The Kier molecular flexibility index (Phi) is 19.4. The lowest BCUT2D eigenvalue weighted by molar-refractivity contribution is -0.142. The second-order valence-corrected chi connectivity index (χ2v) is 11.4. The smallest absolute Gasteiger partial charge is 0.326 e. The minimum atomic E-state index is -1.22. The maximum atomic E-state index is 13.8. The van der Waals surface area contributed by atoms with Crippen molar-refractivity contribution in [2.24, 2.45) is 36.3 Å². The molecule has 0 aliphatic carbocycles. The quantitative estimate of drug-likeness (QED) is 0.0407. The van der Waals surface area contributed by atoms with Crippen molar-refractivity contribution in [3.05, 3.63) is 52.6 Å². The number of carbonyl (C=O) groups is 4. The summed E-state index contributed by atoms with van der Waals surface area (Å²) in [7, 11) is 5.17. The number of aliphatic imine (C=N–C) groups is 1. The summed E-state index contributed by atoms with van der Waals surface area (Å²) < 4.78 is 3.98. The Labute approximate surface area is 288 Å². The van der Waals surface area contributed by atoms with Crippen molar-refractivity contribution in [2.75, 3.05) is 20.1 Å². The van der Waals surface area contributed by atoms with Gasteiger partial charge in [-0.1, -0.05) is 44.2 Å². The van der Waals surface area contributed by atoms with Crippen LogP contribution >= 0.6 is 12.2 Å². The van der Waals surface area contributed by atoms with Gasteiger partial charge in [-0.25, -0.2) is 4.79 Å². The van der Waals surface area contributed by atoms with Gasteiger partial charge in [0.25, 0.3) is 0 Å². The van der Waals surface area contributed by atoms with Crippen molar-refractivity contribution < 1.29 is 24.3 Å². The van der Waals surface area contributed by atoms with Crippen molar-refractivity contribution in [3.63, 3.8) is 0 Å². The van der Waals surface area contributed by atoms with Crippen LogP contribution in [-0.2, 0) is 46.1 Å². The van der Waals surface area contributed by atoms with Gasteiger partial charge in [-0.15, -0.1) is 0 Å². The van der Waals surface area contributed by atoms with Crippen LogP contribution in [0.3, 0.4) is 0 Å². The van der Waals surface area contributed by atoms with Gasteiger partial charge in [-0.3, -0.25) is 19.4 Å². The van der Waals surface area contributed by atoms with Crippen LogP contribution in [0.5, 0.6) is 0 Å². The molecule has 1 aromatic heterocycles. The number of imidazole rings is 1. The predicted octanol–water partition coefficient (Wildman–Crippen LogP) is 0.214. The summed E-state index contributed by atoms with van der Waals surface area (Å²) in [5.41, 5.74) is 17.9. The number of aromatic nitrogens is 2. The number of benzene rings is 1. The summed E-state index contributed by atoms with van der Waals surface area (Å²) in [6, 6.07) is 4.88. The number of guanidine groups is 1. The molecule has 15 nitrogen and oxygen atoms in total. The topological polar surface area (TPSA) is 237 Å². The van der Waals surface area contributed by atoms with E-state index < -0.39 is 47.9 Å². The zero-order valence-corrected chi connectivity index (χ0v) is 29.5. The number of carbonyl (C=O) groups excluding carboxylic acids is 3. The van der Waals surface area contributed by atoms with Crippen LogP contribution in [0, 0.1) is 4.77 Å². The molecule has 2 rings (SSSR count). The average Bonchev–Trinajstić information content (AvgIpc) is 3.30. The fourth-order valence-corrected chi connectivity index (χ4v) is 5.04. The Morgan fingerprint density at radius 3 is 1.96 bits per heavy atom. The highest BCUT2D eigenvalue weighted by Gasteiger charge is 2.31. The van der Waals surface area contributed by atoms with Crippen LogP contribution in [-0.4, -0.2) is 88.2 Å². The molecule has 0 saturated heterocycles. The molecule has 11 N–H and O–H groups in total. The molecule has 0 aliphatic rings. The zero-order chi connectivity index (χ0) is 36.2. The number of aliphatic carboxylic acids is 1.